The average molecular weight is 492 g/mol. The second kappa shape index (κ2) is 9.44. The van der Waals surface area contributed by atoms with Gasteiger partial charge in [0.25, 0.3) is 0 Å². The van der Waals surface area contributed by atoms with Crippen molar-refractivity contribution < 1.29 is 9.53 Å². The fourth-order valence-electron chi connectivity index (χ4n) is 4.65. The number of halogens is 1. The van der Waals surface area contributed by atoms with E-state index in [9.17, 15) is 4.79 Å². The van der Waals surface area contributed by atoms with Crippen LogP contribution in [0.3, 0.4) is 0 Å². The number of H-pyrrole nitrogens is 1. The van der Waals surface area contributed by atoms with E-state index in [1.54, 1.807) is 12.3 Å². The third-order valence-electron chi connectivity index (χ3n) is 6.35. The van der Waals surface area contributed by atoms with Gasteiger partial charge in [-0.3, -0.25) is 9.78 Å². The van der Waals surface area contributed by atoms with Crippen LogP contribution in [0.25, 0.3) is 44.1 Å². The molecule has 0 aliphatic carbocycles. The SMILES string of the molecule is O=C(CCCc1c(-c2ccc3ccccc3n2)[nH]c2ccc(Cl)cc12)Oc1cccc2cccnc12. The van der Waals surface area contributed by atoms with E-state index in [4.69, 9.17) is 21.3 Å². The monoisotopic (exact) mass is 491 g/mol. The number of rotatable bonds is 6. The number of aryl methyl sites for hydroxylation is 1. The third-order valence-corrected chi connectivity index (χ3v) is 6.59. The molecule has 0 saturated carbocycles. The Labute approximate surface area is 212 Å². The first-order valence-corrected chi connectivity index (χ1v) is 12.2. The Morgan fingerprint density at radius 2 is 1.78 bits per heavy atom. The fourth-order valence-corrected chi connectivity index (χ4v) is 4.82. The highest BCUT2D eigenvalue weighted by molar-refractivity contribution is 6.31. The van der Waals surface area contributed by atoms with Gasteiger partial charge in [-0.25, -0.2) is 4.98 Å². The highest BCUT2D eigenvalue weighted by Gasteiger charge is 2.16. The molecule has 0 bridgehead atoms. The number of para-hydroxylation sites is 2. The minimum Gasteiger partial charge on any atom is -0.424 e. The standard InChI is InChI=1S/C30H22ClN3O2/c31-21-14-16-25-23(18-21)22(30(34-25)26-15-13-19-6-1-2-10-24(19)33-26)9-4-12-28(35)36-27-11-3-7-20-8-5-17-32-29(20)27/h1-3,5-8,10-11,13-18,34H,4,9,12H2. The number of pyridine rings is 2. The molecule has 1 N–H and O–H groups in total. The normalized spacial score (nSPS) is 11.4. The maximum absolute atomic E-state index is 12.7. The lowest BCUT2D eigenvalue weighted by Crippen LogP contribution is -2.08. The first-order chi connectivity index (χ1) is 17.7. The minimum atomic E-state index is -0.281. The fraction of sp³-hybridized carbons (Fsp3) is 0.100. The van der Waals surface area contributed by atoms with Crippen molar-refractivity contribution in [2.75, 3.05) is 0 Å². The summed E-state index contributed by atoms with van der Waals surface area (Å²) in [7, 11) is 0. The van der Waals surface area contributed by atoms with Crippen molar-refractivity contribution in [3.05, 3.63) is 102 Å². The van der Waals surface area contributed by atoms with Crippen molar-refractivity contribution in [2.24, 2.45) is 0 Å². The van der Waals surface area contributed by atoms with Crippen molar-refractivity contribution >= 4 is 50.3 Å². The maximum atomic E-state index is 12.7. The number of aromatic amines is 1. The molecule has 3 heterocycles. The average Bonchev–Trinajstić information content (AvgIpc) is 3.26. The van der Waals surface area contributed by atoms with Crippen LogP contribution >= 0.6 is 11.6 Å². The summed E-state index contributed by atoms with van der Waals surface area (Å²) in [6.45, 7) is 0. The van der Waals surface area contributed by atoms with Crippen LogP contribution in [0.4, 0.5) is 0 Å². The molecule has 6 heteroatoms. The molecule has 176 valence electrons. The quantitative estimate of drug-likeness (QED) is 0.193. The van der Waals surface area contributed by atoms with Gasteiger partial charge in [0, 0.05) is 39.3 Å². The van der Waals surface area contributed by atoms with E-state index in [1.807, 2.05) is 66.7 Å². The predicted octanol–water partition coefficient (Wildman–Crippen LogP) is 7.51. The Balaban J connectivity index is 1.26. The number of fused-ring (bicyclic) bond motifs is 3. The number of nitrogens with one attached hydrogen (secondary N) is 1. The summed E-state index contributed by atoms with van der Waals surface area (Å²) in [6, 6.07) is 27.4. The van der Waals surface area contributed by atoms with Crippen LogP contribution in [0.1, 0.15) is 18.4 Å². The minimum absolute atomic E-state index is 0.279. The smallest absolute Gasteiger partial charge is 0.311 e. The second-order valence-electron chi connectivity index (χ2n) is 8.72. The van der Waals surface area contributed by atoms with Gasteiger partial charge in [0.1, 0.15) is 5.52 Å². The Morgan fingerprint density at radius 1 is 0.917 bits per heavy atom. The highest BCUT2D eigenvalue weighted by Crippen LogP contribution is 2.33. The molecule has 0 unspecified atom stereocenters. The van der Waals surface area contributed by atoms with Gasteiger partial charge in [-0.1, -0.05) is 54.1 Å². The number of benzene rings is 3. The lowest BCUT2D eigenvalue weighted by molar-refractivity contribution is -0.134. The molecular formula is C30H22ClN3O2. The van der Waals surface area contributed by atoms with E-state index < -0.39 is 0 Å². The van der Waals surface area contributed by atoms with E-state index >= 15 is 0 Å². The van der Waals surface area contributed by atoms with E-state index in [0.717, 1.165) is 44.1 Å². The zero-order chi connectivity index (χ0) is 24.5. The van der Waals surface area contributed by atoms with Gasteiger partial charge < -0.3 is 9.72 Å². The van der Waals surface area contributed by atoms with E-state index in [0.29, 0.717) is 29.1 Å². The Morgan fingerprint density at radius 3 is 2.72 bits per heavy atom. The van der Waals surface area contributed by atoms with Crippen molar-refractivity contribution in [1.29, 1.82) is 0 Å². The van der Waals surface area contributed by atoms with E-state index in [2.05, 4.69) is 22.1 Å². The first-order valence-electron chi connectivity index (χ1n) is 11.9. The molecule has 0 aliphatic heterocycles. The predicted molar refractivity (Wildman–Crippen MR) is 144 cm³/mol. The largest absolute Gasteiger partial charge is 0.424 e. The Hall–Kier alpha value is -4.22. The van der Waals surface area contributed by atoms with Crippen LogP contribution in [0.2, 0.25) is 5.02 Å². The van der Waals surface area contributed by atoms with Gasteiger partial charge in [-0.05, 0) is 60.9 Å². The van der Waals surface area contributed by atoms with Crippen molar-refractivity contribution in [3.63, 3.8) is 0 Å². The summed E-state index contributed by atoms with van der Waals surface area (Å²) in [4.78, 5) is 25.5. The maximum Gasteiger partial charge on any atom is 0.311 e. The van der Waals surface area contributed by atoms with Crippen LogP contribution < -0.4 is 4.74 Å². The summed E-state index contributed by atoms with van der Waals surface area (Å²) in [6.07, 6.45) is 3.27. The number of aromatic nitrogens is 3. The van der Waals surface area contributed by atoms with Crippen molar-refractivity contribution in [3.8, 4) is 17.1 Å². The molecular weight excluding hydrogens is 470 g/mol. The van der Waals surface area contributed by atoms with Crippen molar-refractivity contribution in [2.45, 2.75) is 19.3 Å². The topological polar surface area (TPSA) is 67.9 Å². The number of carbonyl (C=O) groups excluding carboxylic acids is 1. The van der Waals surface area contributed by atoms with Crippen LogP contribution in [0.5, 0.6) is 5.75 Å². The number of nitrogens with zero attached hydrogens (tertiary/aromatic N) is 2. The van der Waals surface area contributed by atoms with Gasteiger partial charge in [0.05, 0.1) is 16.9 Å². The summed E-state index contributed by atoms with van der Waals surface area (Å²) in [5.74, 6) is 0.203. The van der Waals surface area contributed by atoms with Gasteiger partial charge in [-0.2, -0.15) is 0 Å². The lowest BCUT2D eigenvalue weighted by Gasteiger charge is -2.08. The lowest BCUT2D eigenvalue weighted by atomic mass is 10.0. The van der Waals surface area contributed by atoms with E-state index in [1.165, 1.54) is 0 Å². The van der Waals surface area contributed by atoms with E-state index in [-0.39, 0.29) is 12.4 Å². The molecule has 3 aromatic heterocycles. The van der Waals surface area contributed by atoms with Gasteiger partial charge >= 0.3 is 5.97 Å². The molecule has 3 aromatic carbocycles. The number of ether oxygens (including phenoxy) is 1. The molecule has 0 aliphatic rings. The zero-order valence-corrected chi connectivity index (χ0v) is 20.1. The molecule has 6 rings (SSSR count). The summed E-state index contributed by atoms with van der Waals surface area (Å²) in [5, 5.41) is 3.74. The van der Waals surface area contributed by atoms with Crippen LogP contribution in [0, 0.1) is 0 Å². The van der Waals surface area contributed by atoms with Gasteiger partial charge in [0.15, 0.2) is 5.75 Å². The van der Waals surface area contributed by atoms with Crippen molar-refractivity contribution in [1.82, 2.24) is 15.0 Å². The number of esters is 1. The Kier molecular flexibility index (Phi) is 5.84. The number of carbonyl (C=O) groups is 1. The van der Waals surface area contributed by atoms with Gasteiger partial charge in [-0.15, -0.1) is 0 Å². The molecule has 0 atom stereocenters. The number of hydrogen-bond acceptors (Lipinski definition) is 4. The molecule has 0 saturated heterocycles. The highest BCUT2D eigenvalue weighted by atomic mass is 35.5. The summed E-state index contributed by atoms with van der Waals surface area (Å²) in [5.41, 5.74) is 5.51. The molecule has 0 radical (unpaired) electrons. The molecule has 0 fully saturated rings. The molecule has 6 aromatic rings. The van der Waals surface area contributed by atoms with Gasteiger partial charge in [0.2, 0.25) is 0 Å². The molecule has 0 spiro atoms. The molecule has 36 heavy (non-hydrogen) atoms. The Bertz CT molecular complexity index is 1740. The molecule has 0 amide bonds. The summed E-state index contributed by atoms with van der Waals surface area (Å²) >= 11 is 6.34. The van der Waals surface area contributed by atoms with Crippen LogP contribution in [-0.4, -0.2) is 20.9 Å². The second-order valence-corrected chi connectivity index (χ2v) is 9.15. The number of hydrogen-bond donors (Lipinski definition) is 1. The zero-order valence-electron chi connectivity index (χ0n) is 19.4. The molecule has 5 nitrogen and oxygen atoms in total. The van der Waals surface area contributed by atoms with Crippen LogP contribution in [0.15, 0.2) is 91.1 Å². The summed E-state index contributed by atoms with van der Waals surface area (Å²) < 4.78 is 5.67. The third kappa shape index (κ3) is 4.30. The van der Waals surface area contributed by atoms with Crippen LogP contribution in [-0.2, 0) is 11.2 Å². The first kappa shape index (κ1) is 22.3.